The molecule has 25 heavy (non-hydrogen) atoms. The fourth-order valence-electron chi connectivity index (χ4n) is 2.47. The third-order valence-corrected chi connectivity index (χ3v) is 5.07. The summed E-state index contributed by atoms with van der Waals surface area (Å²) in [6.07, 6.45) is 2.96. The molecule has 1 amide bonds. The van der Waals surface area contributed by atoms with Gasteiger partial charge in [0.15, 0.2) is 6.61 Å². The van der Waals surface area contributed by atoms with Gasteiger partial charge >= 0.3 is 0 Å². The van der Waals surface area contributed by atoms with E-state index in [1.54, 1.807) is 11.3 Å². The maximum Gasteiger partial charge on any atom is 0.257 e. The molecule has 2 aromatic rings. The van der Waals surface area contributed by atoms with Crippen LogP contribution in [0, 0.1) is 13.8 Å². The van der Waals surface area contributed by atoms with Crippen LogP contribution in [-0.2, 0) is 11.2 Å². The molecular formula is C20H28N2O2S. The SMILES string of the molecule is Cc1csc(CCCCNC(=O)COc2cc(C(C)C)ccc2C)n1. The number of unbranched alkanes of at least 4 members (excludes halogenated alkanes) is 1. The number of carbonyl (C=O) groups excluding carboxylic acids is 1. The van der Waals surface area contributed by atoms with Crippen molar-refractivity contribution in [3.05, 3.63) is 45.4 Å². The van der Waals surface area contributed by atoms with Gasteiger partial charge in [0, 0.05) is 17.6 Å². The molecule has 0 saturated carbocycles. The summed E-state index contributed by atoms with van der Waals surface area (Å²) in [6.45, 7) is 9.05. The highest BCUT2D eigenvalue weighted by atomic mass is 32.1. The summed E-state index contributed by atoms with van der Waals surface area (Å²) in [4.78, 5) is 16.4. The number of rotatable bonds is 9. The number of benzene rings is 1. The maximum atomic E-state index is 11.9. The lowest BCUT2D eigenvalue weighted by Gasteiger charge is -2.13. The number of hydrogen-bond donors (Lipinski definition) is 1. The average Bonchev–Trinajstić information content (AvgIpc) is 2.99. The third-order valence-electron chi connectivity index (χ3n) is 4.04. The Bertz CT molecular complexity index is 695. The van der Waals surface area contributed by atoms with E-state index in [1.807, 2.05) is 26.0 Å². The summed E-state index contributed by atoms with van der Waals surface area (Å²) in [6, 6.07) is 6.18. The van der Waals surface area contributed by atoms with Crippen LogP contribution in [0.2, 0.25) is 0 Å². The first-order valence-corrected chi connectivity index (χ1v) is 9.74. The number of amides is 1. The normalized spacial score (nSPS) is 10.9. The van der Waals surface area contributed by atoms with Gasteiger partial charge in [-0.3, -0.25) is 4.79 Å². The van der Waals surface area contributed by atoms with Gasteiger partial charge in [0.05, 0.1) is 5.01 Å². The van der Waals surface area contributed by atoms with E-state index in [0.29, 0.717) is 12.5 Å². The zero-order chi connectivity index (χ0) is 18.2. The molecule has 1 heterocycles. The number of carbonyl (C=O) groups is 1. The lowest BCUT2D eigenvalue weighted by Crippen LogP contribution is -2.29. The highest BCUT2D eigenvalue weighted by molar-refractivity contribution is 7.09. The summed E-state index contributed by atoms with van der Waals surface area (Å²) in [5.41, 5.74) is 3.36. The number of nitrogens with one attached hydrogen (secondary N) is 1. The van der Waals surface area contributed by atoms with Crippen molar-refractivity contribution in [3.63, 3.8) is 0 Å². The van der Waals surface area contributed by atoms with Crippen molar-refractivity contribution in [1.29, 1.82) is 0 Å². The van der Waals surface area contributed by atoms with Crippen molar-refractivity contribution in [3.8, 4) is 5.75 Å². The molecule has 1 aromatic carbocycles. The fraction of sp³-hybridized carbons (Fsp3) is 0.500. The van der Waals surface area contributed by atoms with Crippen molar-refractivity contribution < 1.29 is 9.53 Å². The molecule has 0 aliphatic heterocycles. The van der Waals surface area contributed by atoms with E-state index in [4.69, 9.17) is 4.74 Å². The molecule has 1 aromatic heterocycles. The van der Waals surface area contributed by atoms with Crippen LogP contribution in [0.3, 0.4) is 0 Å². The highest BCUT2D eigenvalue weighted by Gasteiger charge is 2.07. The van der Waals surface area contributed by atoms with Crippen molar-refractivity contribution in [2.24, 2.45) is 0 Å². The maximum absolute atomic E-state index is 11.9. The Morgan fingerprint density at radius 1 is 1.28 bits per heavy atom. The van der Waals surface area contributed by atoms with Gasteiger partial charge < -0.3 is 10.1 Å². The largest absolute Gasteiger partial charge is 0.483 e. The molecule has 5 heteroatoms. The Kier molecular flexibility index (Phi) is 7.44. The van der Waals surface area contributed by atoms with Crippen molar-refractivity contribution in [2.45, 2.75) is 52.9 Å². The lowest BCUT2D eigenvalue weighted by molar-refractivity contribution is -0.123. The number of thiazole rings is 1. The molecule has 0 aliphatic rings. The van der Waals surface area contributed by atoms with Gasteiger partial charge in [-0.25, -0.2) is 4.98 Å². The Morgan fingerprint density at radius 3 is 2.76 bits per heavy atom. The van der Waals surface area contributed by atoms with E-state index in [0.717, 1.165) is 36.3 Å². The van der Waals surface area contributed by atoms with Crippen LogP contribution in [0.4, 0.5) is 0 Å². The standard InChI is InChI=1S/C20H28N2O2S/c1-14(2)17-9-8-15(3)18(11-17)24-12-19(23)21-10-6-5-7-20-22-16(4)13-25-20/h8-9,11,13-14H,5-7,10,12H2,1-4H3,(H,21,23). The van der Waals surface area contributed by atoms with E-state index in [9.17, 15) is 4.79 Å². The van der Waals surface area contributed by atoms with E-state index >= 15 is 0 Å². The molecule has 0 fully saturated rings. The van der Waals surface area contributed by atoms with Crippen LogP contribution in [-0.4, -0.2) is 24.0 Å². The van der Waals surface area contributed by atoms with Gasteiger partial charge in [0.1, 0.15) is 5.75 Å². The summed E-state index contributed by atoms with van der Waals surface area (Å²) >= 11 is 1.71. The number of aromatic nitrogens is 1. The molecule has 0 spiro atoms. The van der Waals surface area contributed by atoms with Gasteiger partial charge in [0.2, 0.25) is 0 Å². The molecule has 0 unspecified atom stereocenters. The highest BCUT2D eigenvalue weighted by Crippen LogP contribution is 2.24. The number of aryl methyl sites for hydroxylation is 3. The number of ether oxygens (including phenoxy) is 1. The van der Waals surface area contributed by atoms with Crippen LogP contribution >= 0.6 is 11.3 Å². The molecule has 2 rings (SSSR count). The van der Waals surface area contributed by atoms with Gasteiger partial charge in [-0.1, -0.05) is 26.0 Å². The number of nitrogens with zero attached hydrogens (tertiary/aromatic N) is 1. The predicted molar refractivity (Wildman–Crippen MR) is 104 cm³/mol. The van der Waals surface area contributed by atoms with E-state index in [2.05, 4.69) is 35.6 Å². The lowest BCUT2D eigenvalue weighted by atomic mass is 10.0. The predicted octanol–water partition coefficient (Wildman–Crippen LogP) is 4.40. The molecular weight excluding hydrogens is 332 g/mol. The van der Waals surface area contributed by atoms with Crippen LogP contribution in [0.5, 0.6) is 5.75 Å². The van der Waals surface area contributed by atoms with Gasteiger partial charge in [-0.05, 0) is 56.2 Å². The molecule has 1 N–H and O–H groups in total. The quantitative estimate of drug-likeness (QED) is 0.674. The van der Waals surface area contributed by atoms with Gasteiger partial charge in [-0.15, -0.1) is 11.3 Å². The van der Waals surface area contributed by atoms with Crippen LogP contribution in [0.15, 0.2) is 23.6 Å². The molecule has 4 nitrogen and oxygen atoms in total. The van der Waals surface area contributed by atoms with Crippen molar-refractivity contribution in [2.75, 3.05) is 13.2 Å². The first kappa shape index (κ1) is 19.4. The monoisotopic (exact) mass is 360 g/mol. The Labute approximate surface area is 154 Å². The fourth-order valence-corrected chi connectivity index (χ4v) is 3.29. The second kappa shape index (κ2) is 9.56. The van der Waals surface area contributed by atoms with E-state index < -0.39 is 0 Å². The van der Waals surface area contributed by atoms with Gasteiger partial charge in [0.25, 0.3) is 5.91 Å². The van der Waals surface area contributed by atoms with Crippen LogP contribution in [0.1, 0.15) is 54.4 Å². The average molecular weight is 361 g/mol. The minimum absolute atomic E-state index is 0.0636. The van der Waals surface area contributed by atoms with E-state index in [1.165, 1.54) is 10.6 Å². The van der Waals surface area contributed by atoms with Crippen molar-refractivity contribution in [1.82, 2.24) is 10.3 Å². The van der Waals surface area contributed by atoms with E-state index in [-0.39, 0.29) is 12.5 Å². The molecule has 0 aliphatic carbocycles. The van der Waals surface area contributed by atoms with Crippen LogP contribution in [0.25, 0.3) is 0 Å². The molecule has 0 radical (unpaired) electrons. The topological polar surface area (TPSA) is 51.2 Å². The Hall–Kier alpha value is -1.88. The van der Waals surface area contributed by atoms with Gasteiger partial charge in [-0.2, -0.15) is 0 Å². The first-order valence-electron chi connectivity index (χ1n) is 8.86. The Balaban J connectivity index is 1.66. The Morgan fingerprint density at radius 2 is 2.08 bits per heavy atom. The molecule has 0 bridgehead atoms. The second-order valence-corrected chi connectivity index (χ2v) is 7.60. The molecule has 136 valence electrons. The van der Waals surface area contributed by atoms with Crippen LogP contribution < -0.4 is 10.1 Å². The summed E-state index contributed by atoms with van der Waals surface area (Å²) in [7, 11) is 0. The summed E-state index contributed by atoms with van der Waals surface area (Å²) in [5, 5.41) is 6.17. The smallest absolute Gasteiger partial charge is 0.257 e. The zero-order valence-corrected chi connectivity index (χ0v) is 16.4. The summed E-state index contributed by atoms with van der Waals surface area (Å²) < 4.78 is 5.70. The number of hydrogen-bond acceptors (Lipinski definition) is 4. The second-order valence-electron chi connectivity index (χ2n) is 6.66. The third kappa shape index (κ3) is 6.50. The van der Waals surface area contributed by atoms with Crippen molar-refractivity contribution >= 4 is 17.2 Å². The molecule has 0 saturated heterocycles. The minimum atomic E-state index is -0.0700. The zero-order valence-electron chi connectivity index (χ0n) is 15.6. The first-order chi connectivity index (χ1) is 12.0. The summed E-state index contributed by atoms with van der Waals surface area (Å²) in [5.74, 6) is 1.17. The minimum Gasteiger partial charge on any atom is -0.483 e. The molecule has 0 atom stereocenters.